The van der Waals surface area contributed by atoms with E-state index in [1.165, 1.54) is 11.1 Å². The maximum Gasteiger partial charge on any atom is 0.0798 e. The van der Waals surface area contributed by atoms with Gasteiger partial charge in [0.15, 0.2) is 0 Å². The summed E-state index contributed by atoms with van der Waals surface area (Å²) in [4.78, 5) is 0. The molecule has 0 aromatic heterocycles. The molecule has 1 aliphatic rings. The molecule has 2 unspecified atom stereocenters. The molecule has 0 spiro atoms. The summed E-state index contributed by atoms with van der Waals surface area (Å²) in [6.45, 7) is 4.24. The van der Waals surface area contributed by atoms with Gasteiger partial charge in [-0.3, -0.25) is 0 Å². The van der Waals surface area contributed by atoms with E-state index in [0.717, 1.165) is 12.0 Å². The standard InChI is InChI=1S/C11H14O/c1-7-3-4-9-8(2)6-11(12)10(9)5-7/h3-5,8,11-12H,6H2,1-2H3. The molecule has 0 bridgehead atoms. The molecular formula is C11H14O. The third-order valence-corrected chi connectivity index (χ3v) is 2.71. The van der Waals surface area contributed by atoms with Gasteiger partial charge in [-0.25, -0.2) is 0 Å². The fourth-order valence-electron chi connectivity index (χ4n) is 2.02. The van der Waals surface area contributed by atoms with Crippen LogP contribution < -0.4 is 0 Å². The van der Waals surface area contributed by atoms with E-state index in [4.69, 9.17) is 0 Å². The molecule has 0 fully saturated rings. The maximum atomic E-state index is 9.68. The summed E-state index contributed by atoms with van der Waals surface area (Å²) in [6.07, 6.45) is 0.661. The molecule has 12 heavy (non-hydrogen) atoms. The Morgan fingerprint density at radius 1 is 1.33 bits per heavy atom. The largest absolute Gasteiger partial charge is 0.388 e. The molecule has 1 aliphatic carbocycles. The Morgan fingerprint density at radius 3 is 2.83 bits per heavy atom. The molecule has 1 heteroatoms. The zero-order valence-electron chi connectivity index (χ0n) is 7.54. The first-order valence-corrected chi connectivity index (χ1v) is 4.47. The smallest absolute Gasteiger partial charge is 0.0798 e. The van der Waals surface area contributed by atoms with Crippen LogP contribution in [-0.4, -0.2) is 5.11 Å². The second-order valence-corrected chi connectivity index (χ2v) is 3.78. The fraction of sp³-hybridized carbons (Fsp3) is 0.455. The Balaban J connectivity index is 2.53. The zero-order chi connectivity index (χ0) is 8.72. The van der Waals surface area contributed by atoms with E-state index in [2.05, 4.69) is 32.0 Å². The highest BCUT2D eigenvalue weighted by atomic mass is 16.3. The van der Waals surface area contributed by atoms with Gasteiger partial charge in [0.2, 0.25) is 0 Å². The van der Waals surface area contributed by atoms with Gasteiger partial charge >= 0.3 is 0 Å². The Bertz CT molecular complexity index is 304. The quantitative estimate of drug-likeness (QED) is 0.621. The number of aryl methyl sites for hydroxylation is 1. The van der Waals surface area contributed by atoms with Gasteiger partial charge in [0.25, 0.3) is 0 Å². The minimum absolute atomic E-state index is 0.227. The van der Waals surface area contributed by atoms with Crippen molar-refractivity contribution < 1.29 is 5.11 Å². The van der Waals surface area contributed by atoms with Crippen molar-refractivity contribution in [3.8, 4) is 0 Å². The van der Waals surface area contributed by atoms with Gasteiger partial charge in [0.05, 0.1) is 6.10 Å². The highest BCUT2D eigenvalue weighted by molar-refractivity contribution is 5.39. The number of hydrogen-bond donors (Lipinski definition) is 1. The normalized spacial score (nSPS) is 27.2. The molecule has 0 saturated carbocycles. The SMILES string of the molecule is Cc1ccc2c(c1)C(O)CC2C. The summed E-state index contributed by atoms with van der Waals surface area (Å²) in [6, 6.07) is 6.36. The second kappa shape index (κ2) is 2.60. The van der Waals surface area contributed by atoms with Crippen molar-refractivity contribution >= 4 is 0 Å². The van der Waals surface area contributed by atoms with Crippen LogP contribution in [-0.2, 0) is 0 Å². The first-order valence-electron chi connectivity index (χ1n) is 4.47. The summed E-state index contributed by atoms with van der Waals surface area (Å²) < 4.78 is 0. The lowest BCUT2D eigenvalue weighted by molar-refractivity contribution is 0.174. The average Bonchev–Trinajstić information content (AvgIpc) is 2.28. The van der Waals surface area contributed by atoms with Gasteiger partial charge in [0.1, 0.15) is 0 Å². The van der Waals surface area contributed by atoms with Crippen LogP contribution in [0.4, 0.5) is 0 Å². The number of rotatable bonds is 0. The molecule has 1 aromatic carbocycles. The summed E-state index contributed by atoms with van der Waals surface area (Å²) in [5, 5.41) is 9.68. The maximum absolute atomic E-state index is 9.68. The summed E-state index contributed by atoms with van der Waals surface area (Å²) in [5.41, 5.74) is 3.71. The van der Waals surface area contributed by atoms with Crippen molar-refractivity contribution in [2.45, 2.75) is 32.3 Å². The molecule has 0 heterocycles. The van der Waals surface area contributed by atoms with E-state index in [1.54, 1.807) is 0 Å². The van der Waals surface area contributed by atoms with E-state index in [9.17, 15) is 5.11 Å². The van der Waals surface area contributed by atoms with Crippen LogP contribution in [0.2, 0.25) is 0 Å². The van der Waals surface area contributed by atoms with Crippen molar-refractivity contribution in [3.05, 3.63) is 34.9 Å². The predicted octanol–water partition coefficient (Wildman–Crippen LogP) is 2.54. The molecule has 0 radical (unpaired) electrons. The number of fused-ring (bicyclic) bond motifs is 1. The minimum Gasteiger partial charge on any atom is -0.388 e. The van der Waals surface area contributed by atoms with Gasteiger partial charge in [0, 0.05) is 0 Å². The Kier molecular flexibility index (Phi) is 1.69. The molecular weight excluding hydrogens is 148 g/mol. The number of aliphatic hydroxyl groups is 1. The van der Waals surface area contributed by atoms with Crippen LogP contribution in [0.5, 0.6) is 0 Å². The Hall–Kier alpha value is -0.820. The Labute approximate surface area is 73.0 Å². The van der Waals surface area contributed by atoms with E-state index in [-0.39, 0.29) is 6.10 Å². The minimum atomic E-state index is -0.227. The molecule has 2 rings (SSSR count). The summed E-state index contributed by atoms with van der Waals surface area (Å²) >= 11 is 0. The first kappa shape index (κ1) is 7.81. The van der Waals surface area contributed by atoms with Gasteiger partial charge in [-0.05, 0) is 30.4 Å². The van der Waals surface area contributed by atoms with Crippen molar-refractivity contribution in [1.29, 1.82) is 0 Å². The zero-order valence-corrected chi connectivity index (χ0v) is 7.54. The second-order valence-electron chi connectivity index (χ2n) is 3.78. The van der Waals surface area contributed by atoms with Crippen molar-refractivity contribution in [2.24, 2.45) is 0 Å². The Morgan fingerprint density at radius 2 is 2.08 bits per heavy atom. The molecule has 1 nitrogen and oxygen atoms in total. The first-order chi connectivity index (χ1) is 5.68. The monoisotopic (exact) mass is 162 g/mol. The lowest BCUT2D eigenvalue weighted by Crippen LogP contribution is -1.90. The van der Waals surface area contributed by atoms with E-state index in [1.807, 2.05) is 0 Å². The lowest BCUT2D eigenvalue weighted by Gasteiger charge is -2.04. The van der Waals surface area contributed by atoms with Crippen LogP contribution in [0, 0.1) is 6.92 Å². The third-order valence-electron chi connectivity index (χ3n) is 2.71. The predicted molar refractivity (Wildman–Crippen MR) is 49.2 cm³/mol. The van der Waals surface area contributed by atoms with Crippen LogP contribution in [0.1, 0.15) is 42.1 Å². The van der Waals surface area contributed by atoms with E-state index < -0.39 is 0 Å². The summed E-state index contributed by atoms with van der Waals surface area (Å²) in [7, 11) is 0. The molecule has 64 valence electrons. The highest BCUT2D eigenvalue weighted by Gasteiger charge is 2.25. The van der Waals surface area contributed by atoms with Gasteiger partial charge < -0.3 is 5.11 Å². The van der Waals surface area contributed by atoms with Crippen LogP contribution in [0.25, 0.3) is 0 Å². The van der Waals surface area contributed by atoms with Crippen LogP contribution in [0.15, 0.2) is 18.2 Å². The number of hydrogen-bond acceptors (Lipinski definition) is 1. The molecule has 0 amide bonds. The van der Waals surface area contributed by atoms with Crippen molar-refractivity contribution in [2.75, 3.05) is 0 Å². The van der Waals surface area contributed by atoms with Crippen LogP contribution in [0.3, 0.4) is 0 Å². The third kappa shape index (κ3) is 1.05. The van der Waals surface area contributed by atoms with Gasteiger partial charge in [-0.15, -0.1) is 0 Å². The average molecular weight is 162 g/mol. The van der Waals surface area contributed by atoms with Crippen molar-refractivity contribution in [1.82, 2.24) is 0 Å². The number of benzene rings is 1. The molecule has 0 saturated heterocycles. The number of aliphatic hydroxyl groups excluding tert-OH is 1. The molecule has 1 aromatic rings. The molecule has 1 N–H and O–H groups in total. The summed E-state index contributed by atoms with van der Waals surface area (Å²) in [5.74, 6) is 0.524. The van der Waals surface area contributed by atoms with Gasteiger partial charge in [-0.1, -0.05) is 30.7 Å². The van der Waals surface area contributed by atoms with Crippen molar-refractivity contribution in [3.63, 3.8) is 0 Å². The molecule has 0 aliphatic heterocycles. The highest BCUT2D eigenvalue weighted by Crippen LogP contribution is 2.39. The molecule has 2 atom stereocenters. The fourth-order valence-corrected chi connectivity index (χ4v) is 2.02. The van der Waals surface area contributed by atoms with E-state index >= 15 is 0 Å². The van der Waals surface area contributed by atoms with E-state index in [0.29, 0.717) is 5.92 Å². The topological polar surface area (TPSA) is 20.2 Å². The lowest BCUT2D eigenvalue weighted by atomic mass is 10.0. The van der Waals surface area contributed by atoms with Gasteiger partial charge in [-0.2, -0.15) is 0 Å². The van der Waals surface area contributed by atoms with Crippen LogP contribution >= 0.6 is 0 Å².